The highest BCUT2D eigenvalue weighted by molar-refractivity contribution is 7.96. The Morgan fingerprint density at radius 2 is 1.83 bits per heavy atom. The fourth-order valence-electron chi connectivity index (χ4n) is 6.03. The normalized spacial score (nSPS) is 22.6. The van der Waals surface area contributed by atoms with Crippen molar-refractivity contribution in [3.63, 3.8) is 0 Å². The van der Waals surface area contributed by atoms with Crippen LogP contribution in [0.5, 0.6) is 0 Å². The lowest BCUT2D eigenvalue weighted by molar-refractivity contribution is -0.138. The van der Waals surface area contributed by atoms with Gasteiger partial charge in [-0.3, -0.25) is 20.4 Å². The van der Waals surface area contributed by atoms with Crippen LogP contribution in [0.1, 0.15) is 31.1 Å². The summed E-state index contributed by atoms with van der Waals surface area (Å²) < 4.78 is 7.03. The molecule has 222 valence electrons. The molecule has 1 aromatic carbocycles. The zero-order valence-corrected chi connectivity index (χ0v) is 25.0. The van der Waals surface area contributed by atoms with Crippen molar-refractivity contribution in [3.05, 3.63) is 35.2 Å². The average Bonchev–Trinajstić information content (AvgIpc) is 3.61. The number of piperazine rings is 1. The van der Waals surface area contributed by atoms with Crippen LogP contribution in [0.3, 0.4) is 0 Å². The second-order valence-electron chi connectivity index (χ2n) is 10.7. The molecule has 0 spiro atoms. The van der Waals surface area contributed by atoms with Gasteiger partial charge in [-0.05, 0) is 37.7 Å². The number of methoxy groups -OCH3 is 1. The average molecular weight is 604 g/mol. The van der Waals surface area contributed by atoms with E-state index in [0.717, 1.165) is 38.2 Å². The van der Waals surface area contributed by atoms with E-state index in [1.54, 1.807) is 24.1 Å². The fraction of sp³-hybridized carbons (Fsp3) is 0.556. The summed E-state index contributed by atoms with van der Waals surface area (Å²) in [6.45, 7) is 5.80. The SMILES string of the molecule is COC(=O)Nc1ccc(-c2nc(C3CC(N4CCN(SC)CC4)CN3C(=O)C3CCN(C(=N)N)CC3)[nH]c2Cl)cc1. The van der Waals surface area contributed by atoms with Gasteiger partial charge in [0.2, 0.25) is 5.91 Å². The number of piperidine rings is 1. The molecule has 3 aliphatic heterocycles. The van der Waals surface area contributed by atoms with Crippen LogP contribution in [-0.2, 0) is 9.53 Å². The molecule has 2 atom stereocenters. The third kappa shape index (κ3) is 6.58. The zero-order chi connectivity index (χ0) is 29.1. The van der Waals surface area contributed by atoms with Crippen LogP contribution < -0.4 is 11.1 Å². The van der Waals surface area contributed by atoms with Crippen molar-refractivity contribution in [3.8, 4) is 11.3 Å². The molecule has 5 N–H and O–H groups in total. The zero-order valence-electron chi connectivity index (χ0n) is 23.4. The second kappa shape index (κ2) is 12.9. The molecule has 1 aromatic heterocycles. The molecule has 5 rings (SSSR count). The van der Waals surface area contributed by atoms with Crippen LogP contribution in [0, 0.1) is 11.3 Å². The highest BCUT2D eigenvalue weighted by Crippen LogP contribution is 2.38. The van der Waals surface area contributed by atoms with Crippen LogP contribution in [0.2, 0.25) is 5.15 Å². The number of hydrogen-bond acceptors (Lipinski definition) is 8. The van der Waals surface area contributed by atoms with Gasteiger partial charge in [0.15, 0.2) is 5.96 Å². The second-order valence-corrected chi connectivity index (χ2v) is 11.9. The van der Waals surface area contributed by atoms with Crippen molar-refractivity contribution in [2.45, 2.75) is 31.3 Å². The molecule has 12 nitrogen and oxygen atoms in total. The van der Waals surface area contributed by atoms with Gasteiger partial charge >= 0.3 is 6.09 Å². The largest absolute Gasteiger partial charge is 0.453 e. The van der Waals surface area contributed by atoms with Crippen molar-refractivity contribution in [1.29, 1.82) is 5.41 Å². The molecule has 3 saturated heterocycles. The number of carbonyl (C=O) groups excluding carboxylic acids is 2. The Balaban J connectivity index is 1.36. The third-order valence-electron chi connectivity index (χ3n) is 8.38. The molecule has 4 heterocycles. The predicted molar refractivity (Wildman–Crippen MR) is 161 cm³/mol. The van der Waals surface area contributed by atoms with Gasteiger partial charge in [0.25, 0.3) is 0 Å². The van der Waals surface area contributed by atoms with E-state index < -0.39 is 6.09 Å². The molecular formula is C27H38ClN9O3S. The van der Waals surface area contributed by atoms with Crippen LogP contribution in [0.25, 0.3) is 11.3 Å². The Hall–Kier alpha value is -3.00. The van der Waals surface area contributed by atoms with Gasteiger partial charge in [-0.1, -0.05) is 35.7 Å². The minimum Gasteiger partial charge on any atom is -0.453 e. The number of benzene rings is 1. The Labute approximate surface area is 249 Å². The molecule has 41 heavy (non-hydrogen) atoms. The highest BCUT2D eigenvalue weighted by Gasteiger charge is 2.43. The lowest BCUT2D eigenvalue weighted by Crippen LogP contribution is -2.50. The van der Waals surface area contributed by atoms with Gasteiger partial charge in [-0.2, -0.15) is 0 Å². The van der Waals surface area contributed by atoms with Crippen LogP contribution in [0.4, 0.5) is 10.5 Å². The summed E-state index contributed by atoms with van der Waals surface area (Å²) in [5.41, 5.74) is 7.68. The number of hydrogen-bond donors (Lipinski definition) is 4. The lowest BCUT2D eigenvalue weighted by atomic mass is 9.95. The first-order chi connectivity index (χ1) is 19.8. The van der Waals surface area contributed by atoms with Crippen molar-refractivity contribution in [1.82, 2.24) is 29.0 Å². The number of aromatic nitrogens is 2. The van der Waals surface area contributed by atoms with Crippen LogP contribution in [-0.4, -0.2) is 112 Å². The first-order valence-corrected chi connectivity index (χ1v) is 15.5. The smallest absolute Gasteiger partial charge is 0.411 e. The summed E-state index contributed by atoms with van der Waals surface area (Å²) in [5.74, 6) is 0.767. The van der Waals surface area contributed by atoms with Crippen molar-refractivity contribution >= 4 is 47.2 Å². The molecule has 0 bridgehead atoms. The number of aromatic amines is 1. The monoisotopic (exact) mass is 603 g/mol. The summed E-state index contributed by atoms with van der Waals surface area (Å²) in [4.78, 5) is 40.0. The van der Waals surface area contributed by atoms with Crippen molar-refractivity contribution < 1.29 is 14.3 Å². The van der Waals surface area contributed by atoms with Crippen molar-refractivity contribution in [2.24, 2.45) is 11.7 Å². The minimum absolute atomic E-state index is 0.0614. The van der Waals surface area contributed by atoms with Crippen molar-refractivity contribution in [2.75, 3.05) is 64.5 Å². The van der Waals surface area contributed by atoms with Gasteiger partial charge < -0.3 is 25.3 Å². The predicted octanol–water partition coefficient (Wildman–Crippen LogP) is 3.05. The highest BCUT2D eigenvalue weighted by atomic mass is 35.5. The number of nitrogens with two attached hydrogens (primary N) is 1. The van der Waals surface area contributed by atoms with Gasteiger partial charge in [0, 0.05) is 69.0 Å². The number of imidazole rings is 1. The topological polar surface area (TPSA) is 147 Å². The number of amides is 2. The first-order valence-electron chi connectivity index (χ1n) is 13.9. The summed E-state index contributed by atoms with van der Waals surface area (Å²) in [6.07, 6.45) is 3.70. The molecule has 3 aliphatic rings. The van der Waals surface area contributed by atoms with Gasteiger partial charge in [-0.25, -0.2) is 14.1 Å². The van der Waals surface area contributed by atoms with E-state index in [1.807, 2.05) is 21.9 Å². The molecule has 2 unspecified atom stereocenters. The quantitative estimate of drug-likeness (QED) is 0.222. The van der Waals surface area contributed by atoms with E-state index >= 15 is 0 Å². The van der Waals surface area contributed by atoms with E-state index in [4.69, 9.17) is 27.7 Å². The van der Waals surface area contributed by atoms with Crippen LogP contribution in [0.15, 0.2) is 24.3 Å². The number of anilines is 1. The number of H-pyrrole nitrogens is 1. The molecule has 3 fully saturated rings. The number of nitrogens with one attached hydrogen (secondary N) is 3. The summed E-state index contributed by atoms with van der Waals surface area (Å²) in [6, 6.07) is 7.22. The number of ether oxygens (including phenoxy) is 1. The number of likely N-dealkylation sites (tertiary alicyclic amines) is 2. The third-order valence-corrected chi connectivity index (χ3v) is 9.53. The maximum atomic E-state index is 14.0. The standard InChI is InChI=1S/C27H38ClN9O3S/c1-40-27(39)31-19-5-3-17(4-6-19)22-23(28)33-24(32-22)21-15-20(34-11-13-36(41-2)14-12-34)16-37(21)25(38)18-7-9-35(10-8-18)26(29)30/h3-6,18,20-21H,7-16H2,1-2H3,(H3,29,30)(H,31,39)(H,32,33). The molecule has 0 radical (unpaired) electrons. The van der Waals surface area contributed by atoms with E-state index in [9.17, 15) is 9.59 Å². The molecular weight excluding hydrogens is 566 g/mol. The number of halogens is 1. The molecule has 2 amide bonds. The maximum Gasteiger partial charge on any atom is 0.411 e. The Morgan fingerprint density at radius 3 is 2.44 bits per heavy atom. The Kier molecular flexibility index (Phi) is 9.27. The maximum absolute atomic E-state index is 14.0. The lowest BCUT2D eigenvalue weighted by Gasteiger charge is -2.37. The Morgan fingerprint density at radius 1 is 1.15 bits per heavy atom. The Bertz CT molecular complexity index is 1240. The van der Waals surface area contributed by atoms with Gasteiger partial charge in [-0.15, -0.1) is 0 Å². The minimum atomic E-state index is -0.541. The van der Waals surface area contributed by atoms with Crippen LogP contribution >= 0.6 is 23.5 Å². The summed E-state index contributed by atoms with van der Waals surface area (Å²) in [5, 5.41) is 10.8. The van der Waals surface area contributed by atoms with E-state index in [1.165, 1.54) is 7.11 Å². The first kappa shape index (κ1) is 29.5. The summed E-state index contributed by atoms with van der Waals surface area (Å²) >= 11 is 8.46. The number of rotatable bonds is 6. The number of carbonyl (C=O) groups is 2. The molecule has 2 aromatic rings. The summed E-state index contributed by atoms with van der Waals surface area (Å²) in [7, 11) is 1.32. The number of nitrogens with zero attached hydrogens (tertiary/aromatic N) is 5. The van der Waals surface area contributed by atoms with E-state index in [0.29, 0.717) is 54.8 Å². The molecule has 0 aliphatic carbocycles. The molecule has 14 heteroatoms. The van der Waals surface area contributed by atoms with E-state index in [-0.39, 0.29) is 29.9 Å². The fourth-order valence-corrected chi connectivity index (χ4v) is 6.81. The van der Waals surface area contributed by atoms with Gasteiger partial charge in [0.05, 0.1) is 13.2 Å². The number of guanidine groups is 1. The van der Waals surface area contributed by atoms with E-state index in [2.05, 4.69) is 30.5 Å². The van der Waals surface area contributed by atoms with Gasteiger partial charge in [0.1, 0.15) is 16.7 Å². The molecule has 0 saturated carbocycles.